The number of aliphatic hydroxyl groups is 1. The highest BCUT2D eigenvalue weighted by Gasteiger charge is 2.19. The predicted octanol–water partition coefficient (Wildman–Crippen LogP) is 4.65. The quantitative estimate of drug-likeness (QED) is 0.525. The van der Waals surface area contributed by atoms with Crippen molar-refractivity contribution in [2.75, 3.05) is 0 Å². The smallest absolute Gasteiger partial charge is 0.0790 e. The minimum atomic E-state index is -0.357. The van der Waals surface area contributed by atoms with E-state index in [0.717, 1.165) is 31.2 Å². The summed E-state index contributed by atoms with van der Waals surface area (Å²) in [4.78, 5) is 0. The van der Waals surface area contributed by atoms with Gasteiger partial charge in [0.05, 0.1) is 6.10 Å². The Balaban J connectivity index is 1.81. The number of benzene rings is 2. The number of aliphatic hydroxyl groups excluding tert-OH is 1. The molecule has 1 heteroatoms. The monoisotopic (exact) mass is 264 g/mol. The molecule has 0 saturated carbocycles. The van der Waals surface area contributed by atoms with Gasteiger partial charge in [0.15, 0.2) is 0 Å². The molecular weight excluding hydrogens is 244 g/mol. The van der Waals surface area contributed by atoms with Crippen molar-refractivity contribution in [3.63, 3.8) is 0 Å². The van der Waals surface area contributed by atoms with Crippen LogP contribution in [0.15, 0.2) is 55.1 Å². The Morgan fingerprint density at radius 3 is 2.75 bits per heavy atom. The second-order valence-corrected chi connectivity index (χ2v) is 5.49. The van der Waals surface area contributed by atoms with Gasteiger partial charge in [-0.2, -0.15) is 0 Å². The summed E-state index contributed by atoms with van der Waals surface area (Å²) in [5, 5.41) is 10.3. The SMILES string of the molecule is C=CCCCC(O)c1ccc2c(c1)Cc1ccccc1-2. The summed E-state index contributed by atoms with van der Waals surface area (Å²) in [6.45, 7) is 3.72. The molecule has 0 heterocycles. The normalized spacial score (nSPS) is 13.7. The van der Waals surface area contributed by atoms with E-state index in [2.05, 4.69) is 49.0 Å². The van der Waals surface area contributed by atoms with Crippen LogP contribution in [0.1, 0.15) is 42.1 Å². The van der Waals surface area contributed by atoms with Crippen molar-refractivity contribution in [3.8, 4) is 11.1 Å². The molecule has 1 N–H and O–H groups in total. The van der Waals surface area contributed by atoms with Crippen molar-refractivity contribution in [1.29, 1.82) is 0 Å². The zero-order valence-corrected chi connectivity index (χ0v) is 11.7. The number of hydrogen-bond donors (Lipinski definition) is 1. The predicted molar refractivity (Wildman–Crippen MR) is 83.7 cm³/mol. The molecule has 102 valence electrons. The fourth-order valence-electron chi connectivity index (χ4n) is 2.99. The van der Waals surface area contributed by atoms with Crippen LogP contribution in [0.25, 0.3) is 11.1 Å². The molecule has 1 atom stereocenters. The van der Waals surface area contributed by atoms with Crippen LogP contribution in [0, 0.1) is 0 Å². The molecule has 0 spiro atoms. The highest BCUT2D eigenvalue weighted by atomic mass is 16.3. The number of rotatable bonds is 5. The maximum absolute atomic E-state index is 10.3. The number of hydrogen-bond acceptors (Lipinski definition) is 1. The summed E-state index contributed by atoms with van der Waals surface area (Å²) in [6, 6.07) is 15.0. The first-order valence-corrected chi connectivity index (χ1v) is 7.29. The molecule has 0 bridgehead atoms. The van der Waals surface area contributed by atoms with Gasteiger partial charge in [-0.25, -0.2) is 0 Å². The Morgan fingerprint density at radius 2 is 1.90 bits per heavy atom. The second kappa shape index (κ2) is 5.64. The van der Waals surface area contributed by atoms with E-state index >= 15 is 0 Å². The summed E-state index contributed by atoms with van der Waals surface area (Å²) >= 11 is 0. The third kappa shape index (κ3) is 2.41. The van der Waals surface area contributed by atoms with Gasteiger partial charge < -0.3 is 5.11 Å². The first-order valence-electron chi connectivity index (χ1n) is 7.29. The van der Waals surface area contributed by atoms with E-state index < -0.39 is 0 Å². The summed E-state index contributed by atoms with van der Waals surface area (Å²) in [7, 11) is 0. The maximum atomic E-state index is 10.3. The van der Waals surface area contributed by atoms with Gasteiger partial charge in [-0.3, -0.25) is 0 Å². The van der Waals surface area contributed by atoms with Crippen LogP contribution in [0.2, 0.25) is 0 Å². The molecule has 1 aliphatic carbocycles. The topological polar surface area (TPSA) is 20.2 Å². The van der Waals surface area contributed by atoms with E-state index in [9.17, 15) is 5.11 Å². The van der Waals surface area contributed by atoms with Crippen LogP contribution in [0.4, 0.5) is 0 Å². The third-order valence-electron chi connectivity index (χ3n) is 4.09. The van der Waals surface area contributed by atoms with Crippen LogP contribution in [-0.4, -0.2) is 5.11 Å². The third-order valence-corrected chi connectivity index (χ3v) is 4.09. The molecule has 0 fully saturated rings. The molecule has 0 radical (unpaired) electrons. The lowest BCUT2D eigenvalue weighted by Gasteiger charge is -2.12. The number of allylic oxidation sites excluding steroid dienone is 1. The minimum Gasteiger partial charge on any atom is -0.388 e. The van der Waals surface area contributed by atoms with E-state index in [0.29, 0.717) is 0 Å². The van der Waals surface area contributed by atoms with Crippen molar-refractivity contribution in [3.05, 3.63) is 71.8 Å². The molecule has 1 unspecified atom stereocenters. The van der Waals surface area contributed by atoms with Crippen molar-refractivity contribution >= 4 is 0 Å². The Morgan fingerprint density at radius 1 is 1.10 bits per heavy atom. The Kier molecular flexibility index (Phi) is 3.70. The lowest BCUT2D eigenvalue weighted by molar-refractivity contribution is 0.165. The van der Waals surface area contributed by atoms with E-state index in [-0.39, 0.29) is 6.10 Å². The lowest BCUT2D eigenvalue weighted by Crippen LogP contribution is -1.98. The number of unbranched alkanes of at least 4 members (excludes halogenated alkanes) is 1. The van der Waals surface area contributed by atoms with E-state index in [1.54, 1.807) is 0 Å². The summed E-state index contributed by atoms with van der Waals surface area (Å²) in [5.41, 5.74) is 6.44. The van der Waals surface area contributed by atoms with Gasteiger partial charge in [-0.1, -0.05) is 48.5 Å². The maximum Gasteiger partial charge on any atom is 0.0790 e. The van der Waals surface area contributed by atoms with Crippen LogP contribution in [-0.2, 0) is 6.42 Å². The van der Waals surface area contributed by atoms with Gasteiger partial charge in [0.2, 0.25) is 0 Å². The van der Waals surface area contributed by atoms with Gasteiger partial charge in [-0.05, 0) is 53.5 Å². The highest BCUT2D eigenvalue weighted by Crippen LogP contribution is 2.37. The molecule has 0 aromatic heterocycles. The average Bonchev–Trinajstić information content (AvgIpc) is 2.85. The molecule has 2 aromatic rings. The standard InChI is InChI=1S/C19H20O/c1-2-3-4-9-19(20)15-10-11-18-16(13-15)12-14-7-5-6-8-17(14)18/h2,5-8,10-11,13,19-20H,1,3-4,9,12H2. The fraction of sp³-hybridized carbons (Fsp3) is 0.263. The van der Waals surface area contributed by atoms with E-state index in [4.69, 9.17) is 0 Å². The molecule has 0 saturated heterocycles. The molecule has 3 rings (SSSR count). The van der Waals surface area contributed by atoms with Crippen molar-refractivity contribution in [1.82, 2.24) is 0 Å². The molecular formula is C19H20O. The van der Waals surface area contributed by atoms with Crippen LogP contribution in [0.3, 0.4) is 0 Å². The Labute approximate surface area is 120 Å². The Hall–Kier alpha value is -1.86. The highest BCUT2D eigenvalue weighted by molar-refractivity contribution is 5.76. The van der Waals surface area contributed by atoms with Gasteiger partial charge in [-0.15, -0.1) is 6.58 Å². The zero-order chi connectivity index (χ0) is 13.9. The van der Waals surface area contributed by atoms with E-state index in [1.165, 1.54) is 22.3 Å². The van der Waals surface area contributed by atoms with Crippen molar-refractivity contribution < 1.29 is 5.11 Å². The van der Waals surface area contributed by atoms with E-state index in [1.807, 2.05) is 6.08 Å². The van der Waals surface area contributed by atoms with Gasteiger partial charge in [0.25, 0.3) is 0 Å². The number of fused-ring (bicyclic) bond motifs is 3. The second-order valence-electron chi connectivity index (χ2n) is 5.49. The largest absolute Gasteiger partial charge is 0.388 e. The van der Waals surface area contributed by atoms with Crippen LogP contribution < -0.4 is 0 Å². The van der Waals surface area contributed by atoms with Gasteiger partial charge in [0, 0.05) is 0 Å². The molecule has 1 aliphatic rings. The summed E-state index contributed by atoms with van der Waals surface area (Å²) in [5.74, 6) is 0. The molecule has 2 aromatic carbocycles. The summed E-state index contributed by atoms with van der Waals surface area (Å²) < 4.78 is 0. The van der Waals surface area contributed by atoms with Crippen LogP contribution in [0.5, 0.6) is 0 Å². The Bertz CT molecular complexity index is 627. The summed E-state index contributed by atoms with van der Waals surface area (Å²) in [6.07, 6.45) is 5.29. The zero-order valence-electron chi connectivity index (χ0n) is 11.7. The molecule has 0 aliphatic heterocycles. The van der Waals surface area contributed by atoms with Crippen LogP contribution >= 0.6 is 0 Å². The van der Waals surface area contributed by atoms with Crippen molar-refractivity contribution in [2.45, 2.75) is 31.8 Å². The van der Waals surface area contributed by atoms with Gasteiger partial charge in [0.1, 0.15) is 0 Å². The molecule has 1 nitrogen and oxygen atoms in total. The first kappa shape index (κ1) is 13.1. The minimum absolute atomic E-state index is 0.357. The fourth-order valence-corrected chi connectivity index (χ4v) is 2.99. The molecule has 0 amide bonds. The van der Waals surface area contributed by atoms with Gasteiger partial charge >= 0.3 is 0 Å². The lowest BCUT2D eigenvalue weighted by atomic mass is 9.98. The first-order chi connectivity index (χ1) is 9.79. The average molecular weight is 264 g/mol. The van der Waals surface area contributed by atoms with Crippen molar-refractivity contribution in [2.24, 2.45) is 0 Å². The molecule has 20 heavy (non-hydrogen) atoms.